The van der Waals surface area contributed by atoms with Crippen molar-refractivity contribution in [3.8, 4) is 5.69 Å². The summed E-state index contributed by atoms with van der Waals surface area (Å²) in [6.45, 7) is 5.10. The van der Waals surface area contributed by atoms with Crippen LogP contribution in [0.25, 0.3) is 5.69 Å². The molecule has 2 aromatic carbocycles. The molecule has 1 aromatic heterocycles. The molecule has 0 saturated carbocycles. The molecule has 0 radical (unpaired) electrons. The van der Waals surface area contributed by atoms with Crippen molar-refractivity contribution in [2.24, 2.45) is 0 Å². The topological polar surface area (TPSA) is 76.0 Å². The number of nitrogens with zero attached hydrogens (tertiary/aromatic N) is 2. The van der Waals surface area contributed by atoms with Gasteiger partial charge >= 0.3 is 0 Å². The zero-order chi connectivity index (χ0) is 21.1. The molecule has 0 unspecified atom stereocenters. The van der Waals surface area contributed by atoms with Crippen molar-refractivity contribution < 1.29 is 18.4 Å². The van der Waals surface area contributed by atoms with Gasteiger partial charge in [0, 0.05) is 12.6 Å². The summed E-state index contributed by atoms with van der Waals surface area (Å²) in [4.78, 5) is 24.0. The maximum Gasteiger partial charge on any atom is 0.259 e. The van der Waals surface area contributed by atoms with Gasteiger partial charge in [-0.1, -0.05) is 13.8 Å². The Balaban J connectivity index is 1.92. The zero-order valence-electron chi connectivity index (χ0n) is 16.2. The second kappa shape index (κ2) is 8.22. The van der Waals surface area contributed by atoms with E-state index >= 15 is 0 Å². The number of hydrogen-bond donors (Lipinski definition) is 2. The molecule has 0 aliphatic heterocycles. The third-order valence-corrected chi connectivity index (χ3v) is 4.20. The van der Waals surface area contributed by atoms with E-state index in [1.165, 1.54) is 37.4 Å². The molecule has 0 aliphatic rings. The number of amides is 2. The van der Waals surface area contributed by atoms with E-state index < -0.39 is 17.6 Å². The molecular formula is C21H20F2N4O2. The molecule has 3 rings (SSSR count). The van der Waals surface area contributed by atoms with Gasteiger partial charge < -0.3 is 10.6 Å². The van der Waals surface area contributed by atoms with Crippen molar-refractivity contribution in [1.29, 1.82) is 0 Å². The fraction of sp³-hybridized carbons (Fsp3) is 0.190. The summed E-state index contributed by atoms with van der Waals surface area (Å²) in [5.74, 6) is -1.87. The van der Waals surface area contributed by atoms with Gasteiger partial charge in [0.05, 0.1) is 28.8 Å². The second-order valence-electron chi connectivity index (χ2n) is 6.82. The van der Waals surface area contributed by atoms with Crippen molar-refractivity contribution in [2.45, 2.75) is 26.7 Å². The van der Waals surface area contributed by atoms with E-state index in [4.69, 9.17) is 0 Å². The SMILES string of the molecule is CC(=O)Nc1cc(NC(=O)c2cnn(-c3ccc(F)cc3)c2C(C)C)ccc1F. The van der Waals surface area contributed by atoms with E-state index in [0.29, 0.717) is 22.6 Å². The van der Waals surface area contributed by atoms with Crippen LogP contribution in [-0.4, -0.2) is 21.6 Å². The molecule has 150 valence electrons. The van der Waals surface area contributed by atoms with Crippen LogP contribution in [0.5, 0.6) is 0 Å². The maximum atomic E-state index is 13.8. The molecule has 0 fully saturated rings. The van der Waals surface area contributed by atoms with Crippen molar-refractivity contribution in [3.05, 3.63) is 71.6 Å². The maximum absolute atomic E-state index is 13.8. The second-order valence-corrected chi connectivity index (χ2v) is 6.82. The molecule has 6 nitrogen and oxygen atoms in total. The highest BCUT2D eigenvalue weighted by Crippen LogP contribution is 2.25. The third kappa shape index (κ3) is 4.48. The molecule has 0 atom stereocenters. The number of hydrogen-bond acceptors (Lipinski definition) is 3. The Bertz CT molecular complexity index is 1060. The first-order valence-corrected chi connectivity index (χ1v) is 8.98. The highest BCUT2D eigenvalue weighted by atomic mass is 19.1. The Morgan fingerprint density at radius 2 is 1.72 bits per heavy atom. The quantitative estimate of drug-likeness (QED) is 0.665. The molecule has 0 spiro atoms. The summed E-state index contributed by atoms with van der Waals surface area (Å²) in [7, 11) is 0. The summed E-state index contributed by atoms with van der Waals surface area (Å²) >= 11 is 0. The Morgan fingerprint density at radius 3 is 2.34 bits per heavy atom. The van der Waals surface area contributed by atoms with Gasteiger partial charge in [-0.2, -0.15) is 5.10 Å². The Labute approximate surface area is 166 Å². The molecule has 0 saturated heterocycles. The van der Waals surface area contributed by atoms with Gasteiger partial charge in [0.15, 0.2) is 0 Å². The monoisotopic (exact) mass is 398 g/mol. The summed E-state index contributed by atoms with van der Waals surface area (Å²) in [5, 5.41) is 9.36. The summed E-state index contributed by atoms with van der Waals surface area (Å²) < 4.78 is 28.6. The van der Waals surface area contributed by atoms with Crippen molar-refractivity contribution in [1.82, 2.24) is 9.78 Å². The number of rotatable bonds is 5. The van der Waals surface area contributed by atoms with E-state index in [1.807, 2.05) is 13.8 Å². The normalized spacial score (nSPS) is 10.8. The average molecular weight is 398 g/mol. The van der Waals surface area contributed by atoms with Crippen LogP contribution in [0, 0.1) is 11.6 Å². The summed E-state index contributed by atoms with van der Waals surface area (Å²) in [5.41, 5.74) is 1.92. The van der Waals surface area contributed by atoms with Gasteiger partial charge in [0.1, 0.15) is 11.6 Å². The number of benzene rings is 2. The molecule has 2 amide bonds. The molecular weight excluding hydrogens is 378 g/mol. The number of nitrogens with one attached hydrogen (secondary N) is 2. The average Bonchev–Trinajstić information content (AvgIpc) is 3.10. The lowest BCUT2D eigenvalue weighted by Gasteiger charge is -2.13. The van der Waals surface area contributed by atoms with Gasteiger partial charge in [-0.3, -0.25) is 9.59 Å². The molecule has 1 heterocycles. The third-order valence-electron chi connectivity index (χ3n) is 4.20. The predicted molar refractivity (Wildman–Crippen MR) is 106 cm³/mol. The fourth-order valence-electron chi connectivity index (χ4n) is 2.96. The van der Waals surface area contributed by atoms with Crippen molar-refractivity contribution in [3.63, 3.8) is 0 Å². The summed E-state index contributed by atoms with van der Waals surface area (Å²) in [6, 6.07) is 9.70. The van der Waals surface area contributed by atoms with Crippen LogP contribution in [-0.2, 0) is 4.79 Å². The number of anilines is 2. The number of carbonyl (C=O) groups excluding carboxylic acids is 2. The number of aromatic nitrogens is 2. The van der Waals surface area contributed by atoms with Crippen LogP contribution in [0.15, 0.2) is 48.7 Å². The minimum atomic E-state index is -0.606. The number of halogens is 2. The van der Waals surface area contributed by atoms with Crippen LogP contribution < -0.4 is 10.6 Å². The smallest absolute Gasteiger partial charge is 0.259 e. The van der Waals surface area contributed by atoms with Crippen LogP contribution in [0.1, 0.15) is 42.7 Å². The van der Waals surface area contributed by atoms with Gasteiger partial charge in [-0.25, -0.2) is 13.5 Å². The first-order valence-electron chi connectivity index (χ1n) is 8.98. The molecule has 29 heavy (non-hydrogen) atoms. The van der Waals surface area contributed by atoms with Crippen LogP contribution in [0.4, 0.5) is 20.2 Å². The van der Waals surface area contributed by atoms with Crippen LogP contribution in [0.3, 0.4) is 0 Å². The highest BCUT2D eigenvalue weighted by molar-refractivity contribution is 6.05. The lowest BCUT2D eigenvalue weighted by atomic mass is 10.0. The van der Waals surface area contributed by atoms with E-state index in [0.717, 1.165) is 6.07 Å². The Kier molecular flexibility index (Phi) is 5.72. The largest absolute Gasteiger partial charge is 0.324 e. The lowest BCUT2D eigenvalue weighted by Crippen LogP contribution is -2.16. The van der Waals surface area contributed by atoms with Crippen LogP contribution in [0.2, 0.25) is 0 Å². The molecule has 8 heteroatoms. The van der Waals surface area contributed by atoms with Crippen LogP contribution >= 0.6 is 0 Å². The predicted octanol–water partition coefficient (Wildman–Crippen LogP) is 4.48. The Hall–Kier alpha value is -3.55. The fourth-order valence-corrected chi connectivity index (χ4v) is 2.96. The first kappa shape index (κ1) is 20.2. The van der Waals surface area contributed by atoms with E-state index in [-0.39, 0.29) is 17.4 Å². The standard InChI is InChI=1S/C21H20F2N4O2/c1-12(2)20-17(11-24-27(20)16-7-4-14(22)5-8-16)21(29)26-15-6-9-18(23)19(10-15)25-13(3)28/h4-12H,1-3H3,(H,25,28)(H,26,29). The lowest BCUT2D eigenvalue weighted by molar-refractivity contribution is -0.114. The zero-order valence-corrected chi connectivity index (χ0v) is 16.2. The summed E-state index contributed by atoms with van der Waals surface area (Å²) in [6.07, 6.45) is 1.44. The van der Waals surface area contributed by atoms with Crippen molar-refractivity contribution in [2.75, 3.05) is 10.6 Å². The van der Waals surface area contributed by atoms with E-state index in [2.05, 4.69) is 15.7 Å². The number of carbonyl (C=O) groups is 2. The molecule has 0 aliphatic carbocycles. The highest BCUT2D eigenvalue weighted by Gasteiger charge is 2.21. The van der Waals surface area contributed by atoms with E-state index in [9.17, 15) is 18.4 Å². The van der Waals surface area contributed by atoms with Crippen molar-refractivity contribution >= 4 is 23.2 Å². The minimum Gasteiger partial charge on any atom is -0.324 e. The van der Waals surface area contributed by atoms with Gasteiger partial charge in [0.2, 0.25) is 5.91 Å². The minimum absolute atomic E-state index is 0.0265. The van der Waals surface area contributed by atoms with E-state index in [1.54, 1.807) is 16.8 Å². The Morgan fingerprint density at radius 1 is 1.03 bits per heavy atom. The first-order chi connectivity index (χ1) is 13.8. The van der Waals surface area contributed by atoms with Gasteiger partial charge in [0.25, 0.3) is 5.91 Å². The molecule has 2 N–H and O–H groups in total. The molecule has 3 aromatic rings. The van der Waals surface area contributed by atoms with Gasteiger partial charge in [-0.15, -0.1) is 0 Å². The molecule has 0 bridgehead atoms. The van der Waals surface area contributed by atoms with Gasteiger partial charge in [-0.05, 0) is 48.4 Å².